The van der Waals surface area contributed by atoms with Gasteiger partial charge in [0.15, 0.2) is 0 Å². The standard InChI is InChI=1S/C27H34F2N4O5S/c1-27(2,3)32(26(34)35)24-10-17(14-38-25(24)19-9-16(28)4-7-22(19)29)31-12-15-8-23-20(21(15)13-31)11-30-33(23)39(36,37)18-5-6-18/h4,7,9,11,15,17-18,21,24-25H,5-6,8,10,12-14H2,1-3H3,(H,34,35)/t15?,17-,21?,24+,25-/m1/s1. The second-order valence-corrected chi connectivity index (χ2v) is 14.4. The Bertz CT molecular complexity index is 1400. The molecule has 1 aromatic carbocycles. The summed E-state index contributed by atoms with van der Waals surface area (Å²) in [4.78, 5) is 16.0. The van der Waals surface area contributed by atoms with Gasteiger partial charge in [-0.15, -0.1) is 0 Å². The van der Waals surface area contributed by atoms with Crippen molar-refractivity contribution < 1.29 is 31.8 Å². The Balaban J connectivity index is 1.25. The van der Waals surface area contributed by atoms with E-state index in [1.807, 2.05) is 0 Å². The first-order valence-electron chi connectivity index (χ1n) is 13.5. The summed E-state index contributed by atoms with van der Waals surface area (Å²) in [6, 6.07) is 2.30. The highest BCUT2D eigenvalue weighted by atomic mass is 32.2. The van der Waals surface area contributed by atoms with Crippen LogP contribution >= 0.6 is 0 Å². The van der Waals surface area contributed by atoms with Crippen molar-refractivity contribution in [3.63, 3.8) is 0 Å². The highest BCUT2D eigenvalue weighted by Gasteiger charge is 2.50. The largest absolute Gasteiger partial charge is 0.465 e. The van der Waals surface area contributed by atoms with Crippen molar-refractivity contribution in [1.82, 2.24) is 19.0 Å². The maximum Gasteiger partial charge on any atom is 0.408 e. The van der Waals surface area contributed by atoms with Crippen LogP contribution in [0.5, 0.6) is 0 Å². The van der Waals surface area contributed by atoms with Crippen LogP contribution in [-0.4, -0.2) is 81.2 Å². The lowest BCUT2D eigenvalue weighted by Crippen LogP contribution is -2.58. The number of hydrogen-bond acceptors (Lipinski definition) is 6. The van der Waals surface area contributed by atoms with E-state index in [0.717, 1.165) is 29.5 Å². The van der Waals surface area contributed by atoms with E-state index in [0.29, 0.717) is 38.8 Å². The van der Waals surface area contributed by atoms with E-state index in [1.54, 1.807) is 27.0 Å². The summed E-state index contributed by atoms with van der Waals surface area (Å²) >= 11 is 0. The minimum atomic E-state index is -3.44. The van der Waals surface area contributed by atoms with Gasteiger partial charge in [-0.25, -0.2) is 22.0 Å². The van der Waals surface area contributed by atoms with E-state index in [2.05, 4.69) is 10.00 Å². The molecule has 6 rings (SSSR count). The first kappa shape index (κ1) is 26.6. The van der Waals surface area contributed by atoms with Crippen molar-refractivity contribution in [3.8, 4) is 0 Å². The van der Waals surface area contributed by atoms with E-state index >= 15 is 0 Å². The Morgan fingerprint density at radius 1 is 1.18 bits per heavy atom. The number of halogens is 2. The van der Waals surface area contributed by atoms with Crippen molar-refractivity contribution in [2.75, 3.05) is 19.7 Å². The van der Waals surface area contributed by atoms with Crippen LogP contribution in [-0.2, 0) is 21.2 Å². The third kappa shape index (κ3) is 4.54. The number of likely N-dealkylation sites (tertiary alicyclic amines) is 1. The fourth-order valence-corrected chi connectivity index (χ4v) is 8.54. The van der Waals surface area contributed by atoms with E-state index in [4.69, 9.17) is 4.74 Å². The molecule has 2 aliphatic heterocycles. The van der Waals surface area contributed by atoms with Crippen molar-refractivity contribution in [2.45, 2.75) is 81.3 Å². The van der Waals surface area contributed by atoms with Crippen LogP contribution in [0.25, 0.3) is 0 Å². The van der Waals surface area contributed by atoms with Crippen LogP contribution < -0.4 is 0 Å². The molecule has 2 saturated heterocycles. The first-order chi connectivity index (χ1) is 18.4. The van der Waals surface area contributed by atoms with Crippen LogP contribution in [0.2, 0.25) is 0 Å². The molecule has 212 valence electrons. The van der Waals surface area contributed by atoms with Crippen LogP contribution in [0.3, 0.4) is 0 Å². The number of carboxylic acid groups (broad SMARTS) is 1. The zero-order valence-corrected chi connectivity index (χ0v) is 23.1. The molecule has 2 aromatic rings. The van der Waals surface area contributed by atoms with Crippen molar-refractivity contribution >= 4 is 16.1 Å². The summed E-state index contributed by atoms with van der Waals surface area (Å²) in [5, 5.41) is 14.1. The van der Waals surface area contributed by atoms with Gasteiger partial charge in [0.2, 0.25) is 0 Å². The summed E-state index contributed by atoms with van der Waals surface area (Å²) in [5.74, 6) is -0.877. The number of fused-ring (bicyclic) bond motifs is 3. The molecule has 0 radical (unpaired) electrons. The SMILES string of the molecule is CC(C)(C)N(C(=O)O)[C@H]1C[C@@H](N2CC3Cc4c(cnn4S(=O)(=O)C4CC4)C3C2)CO[C@@H]1c1cc(F)ccc1F. The average molecular weight is 565 g/mol. The van der Waals surface area contributed by atoms with Gasteiger partial charge in [-0.1, -0.05) is 0 Å². The molecule has 4 aliphatic rings. The molecular weight excluding hydrogens is 530 g/mol. The molecule has 1 amide bonds. The van der Waals surface area contributed by atoms with Gasteiger partial charge in [0.25, 0.3) is 10.0 Å². The molecule has 5 atom stereocenters. The lowest BCUT2D eigenvalue weighted by molar-refractivity contribution is -0.0991. The maximum atomic E-state index is 14.8. The van der Waals surface area contributed by atoms with Gasteiger partial charge in [-0.2, -0.15) is 9.19 Å². The summed E-state index contributed by atoms with van der Waals surface area (Å²) in [6.07, 6.45) is 1.98. The van der Waals surface area contributed by atoms with Crippen molar-refractivity contribution in [3.05, 3.63) is 52.9 Å². The molecule has 9 nitrogen and oxygen atoms in total. The predicted molar refractivity (Wildman–Crippen MR) is 138 cm³/mol. The number of ether oxygens (including phenoxy) is 1. The monoisotopic (exact) mass is 564 g/mol. The molecule has 1 saturated carbocycles. The Morgan fingerprint density at radius 2 is 1.92 bits per heavy atom. The summed E-state index contributed by atoms with van der Waals surface area (Å²) in [6.45, 7) is 6.97. The van der Waals surface area contributed by atoms with E-state index in [-0.39, 0.29) is 35.3 Å². The first-order valence-corrected chi connectivity index (χ1v) is 15.0. The van der Waals surface area contributed by atoms with Crippen LogP contribution in [0.4, 0.5) is 13.6 Å². The number of benzene rings is 1. The zero-order chi connectivity index (χ0) is 27.9. The second kappa shape index (κ2) is 9.24. The number of aromatic nitrogens is 2. The number of carbonyl (C=O) groups is 1. The fraction of sp³-hybridized carbons (Fsp3) is 0.630. The third-order valence-corrected chi connectivity index (χ3v) is 10.9. The molecular formula is C27H34F2N4O5S. The maximum absolute atomic E-state index is 14.8. The van der Waals surface area contributed by atoms with Crippen LogP contribution in [0.15, 0.2) is 24.4 Å². The number of rotatable bonds is 5. The summed E-state index contributed by atoms with van der Waals surface area (Å²) in [7, 11) is -3.44. The Hall–Kier alpha value is -2.57. The van der Waals surface area contributed by atoms with Crippen molar-refractivity contribution in [2.24, 2.45) is 5.92 Å². The highest BCUT2D eigenvalue weighted by Crippen LogP contribution is 2.46. The third-order valence-electron chi connectivity index (χ3n) is 8.75. The Morgan fingerprint density at radius 3 is 2.59 bits per heavy atom. The topological polar surface area (TPSA) is 105 Å². The van der Waals surface area contributed by atoms with Gasteiger partial charge in [-0.3, -0.25) is 9.80 Å². The van der Waals surface area contributed by atoms with Gasteiger partial charge in [0.1, 0.15) is 17.7 Å². The predicted octanol–water partition coefficient (Wildman–Crippen LogP) is 3.75. The average Bonchev–Trinajstić information content (AvgIpc) is 3.39. The molecule has 12 heteroatoms. The quantitative estimate of drug-likeness (QED) is 0.590. The lowest BCUT2D eigenvalue weighted by Gasteiger charge is -2.48. The summed E-state index contributed by atoms with van der Waals surface area (Å²) in [5.41, 5.74) is 0.977. The lowest BCUT2D eigenvalue weighted by atomic mass is 9.88. The molecule has 39 heavy (non-hydrogen) atoms. The highest BCUT2D eigenvalue weighted by molar-refractivity contribution is 7.90. The Labute approximate surface area is 226 Å². The zero-order valence-electron chi connectivity index (χ0n) is 22.3. The smallest absolute Gasteiger partial charge is 0.408 e. The summed E-state index contributed by atoms with van der Waals surface area (Å²) < 4.78 is 62.1. The van der Waals surface area contributed by atoms with E-state index in [1.165, 1.54) is 8.99 Å². The molecule has 2 aliphatic carbocycles. The molecule has 2 unspecified atom stereocenters. The molecule has 0 bridgehead atoms. The fourth-order valence-electron chi connectivity index (χ4n) is 6.86. The van der Waals surface area contributed by atoms with E-state index < -0.39 is 45.4 Å². The molecule has 1 aromatic heterocycles. The second-order valence-electron chi connectivity index (χ2n) is 12.4. The number of nitrogens with zero attached hydrogens (tertiary/aromatic N) is 4. The minimum absolute atomic E-state index is 0.0150. The normalized spacial score (nSPS) is 29.3. The van der Waals surface area contributed by atoms with Gasteiger partial charge in [0.05, 0.1) is 29.8 Å². The van der Waals surface area contributed by atoms with Crippen LogP contribution in [0.1, 0.15) is 68.9 Å². The van der Waals surface area contributed by atoms with Gasteiger partial charge < -0.3 is 9.84 Å². The molecule has 3 fully saturated rings. The van der Waals surface area contributed by atoms with Gasteiger partial charge in [-0.05, 0) is 76.1 Å². The Kier molecular flexibility index (Phi) is 6.31. The number of hydrogen-bond donors (Lipinski definition) is 1. The van der Waals surface area contributed by atoms with Gasteiger partial charge >= 0.3 is 6.09 Å². The van der Waals surface area contributed by atoms with Gasteiger partial charge in [0, 0.05) is 36.2 Å². The number of amides is 1. The molecule has 1 N–H and O–H groups in total. The molecule has 3 heterocycles. The van der Waals surface area contributed by atoms with E-state index in [9.17, 15) is 27.1 Å². The van der Waals surface area contributed by atoms with Crippen LogP contribution in [0, 0.1) is 17.6 Å². The molecule has 0 spiro atoms. The van der Waals surface area contributed by atoms with Crippen molar-refractivity contribution in [1.29, 1.82) is 0 Å². The minimum Gasteiger partial charge on any atom is -0.465 e.